The Labute approximate surface area is 113 Å². The highest BCUT2D eigenvalue weighted by Gasteiger charge is 2.17. The van der Waals surface area contributed by atoms with Crippen molar-refractivity contribution in [2.24, 2.45) is 4.99 Å². The lowest BCUT2D eigenvalue weighted by Crippen LogP contribution is -2.42. The van der Waals surface area contributed by atoms with Crippen LogP contribution in [0.5, 0.6) is 0 Å². The van der Waals surface area contributed by atoms with E-state index in [2.05, 4.69) is 42.5 Å². The van der Waals surface area contributed by atoms with E-state index < -0.39 is 0 Å². The smallest absolute Gasteiger partial charge is 0.191 e. The molecule has 6 heteroatoms. The molecule has 0 atom stereocenters. The molecular formula is C13H20N6. The number of aryl methyl sites for hydroxylation is 1. The standard InChI is InChI=1S/C13H20N6/c1-14-13(16-10-5-2-3-6-10)15-9-12-18-17-11-7-4-8-19(11)12/h2-3,10H,4-9H2,1H3,(H2,14,15,16). The second-order valence-corrected chi connectivity index (χ2v) is 5.00. The van der Waals surface area contributed by atoms with E-state index in [1.54, 1.807) is 7.05 Å². The van der Waals surface area contributed by atoms with Crippen LogP contribution in [-0.4, -0.2) is 33.8 Å². The molecule has 0 saturated carbocycles. The Morgan fingerprint density at radius 3 is 3.05 bits per heavy atom. The molecule has 2 aliphatic rings. The third kappa shape index (κ3) is 2.62. The van der Waals surface area contributed by atoms with Gasteiger partial charge in [0.05, 0.1) is 6.54 Å². The summed E-state index contributed by atoms with van der Waals surface area (Å²) in [5.74, 6) is 2.95. The summed E-state index contributed by atoms with van der Waals surface area (Å²) in [5, 5.41) is 15.2. The Morgan fingerprint density at radius 1 is 1.42 bits per heavy atom. The third-order valence-electron chi connectivity index (χ3n) is 3.67. The fourth-order valence-corrected chi connectivity index (χ4v) is 2.63. The number of guanidine groups is 1. The third-order valence-corrected chi connectivity index (χ3v) is 3.67. The van der Waals surface area contributed by atoms with Crippen LogP contribution in [0.15, 0.2) is 17.1 Å². The Bertz CT molecular complexity index is 493. The van der Waals surface area contributed by atoms with Crippen molar-refractivity contribution < 1.29 is 0 Å². The molecule has 6 nitrogen and oxygen atoms in total. The van der Waals surface area contributed by atoms with Crippen LogP contribution in [-0.2, 0) is 19.5 Å². The summed E-state index contributed by atoms with van der Waals surface area (Å²) in [6.07, 6.45) is 8.78. The van der Waals surface area contributed by atoms with Gasteiger partial charge in [-0.3, -0.25) is 4.99 Å². The number of hydrogen-bond donors (Lipinski definition) is 2. The van der Waals surface area contributed by atoms with Crippen molar-refractivity contribution in [3.8, 4) is 0 Å². The lowest BCUT2D eigenvalue weighted by atomic mass is 10.2. The zero-order valence-corrected chi connectivity index (χ0v) is 11.3. The minimum atomic E-state index is 0.468. The van der Waals surface area contributed by atoms with Crippen molar-refractivity contribution in [3.63, 3.8) is 0 Å². The van der Waals surface area contributed by atoms with Gasteiger partial charge in [-0.1, -0.05) is 12.2 Å². The summed E-state index contributed by atoms with van der Waals surface area (Å²) >= 11 is 0. The van der Waals surface area contributed by atoms with Crippen LogP contribution < -0.4 is 10.6 Å². The van der Waals surface area contributed by atoms with Gasteiger partial charge in [0.1, 0.15) is 5.82 Å². The van der Waals surface area contributed by atoms with Gasteiger partial charge in [-0.05, 0) is 19.3 Å². The topological polar surface area (TPSA) is 67.1 Å². The zero-order valence-electron chi connectivity index (χ0n) is 11.3. The minimum Gasteiger partial charge on any atom is -0.353 e. The molecule has 0 aromatic carbocycles. The van der Waals surface area contributed by atoms with Crippen molar-refractivity contribution >= 4 is 5.96 Å². The summed E-state index contributed by atoms with van der Waals surface area (Å²) in [7, 11) is 1.80. The van der Waals surface area contributed by atoms with Crippen molar-refractivity contribution in [3.05, 3.63) is 23.8 Å². The highest BCUT2D eigenvalue weighted by molar-refractivity contribution is 5.79. The average molecular weight is 260 g/mol. The predicted octanol–water partition coefficient (Wildman–Crippen LogP) is 0.608. The first kappa shape index (κ1) is 12.2. The molecule has 0 saturated heterocycles. The van der Waals surface area contributed by atoms with Crippen molar-refractivity contribution in [2.45, 2.75) is 44.8 Å². The summed E-state index contributed by atoms with van der Waals surface area (Å²) in [5.41, 5.74) is 0. The first-order chi connectivity index (χ1) is 9.36. The van der Waals surface area contributed by atoms with Crippen LogP contribution in [0.4, 0.5) is 0 Å². The van der Waals surface area contributed by atoms with Gasteiger partial charge in [0.2, 0.25) is 0 Å². The van der Waals surface area contributed by atoms with Crippen LogP contribution in [0.2, 0.25) is 0 Å². The van der Waals surface area contributed by atoms with Crippen molar-refractivity contribution in [2.75, 3.05) is 7.05 Å². The SMILES string of the molecule is CN=C(NCc1nnc2n1CCC2)NC1CC=CC1. The van der Waals surface area contributed by atoms with Gasteiger partial charge in [-0.2, -0.15) is 0 Å². The first-order valence-corrected chi connectivity index (χ1v) is 6.90. The molecule has 2 heterocycles. The van der Waals surface area contributed by atoms with E-state index in [0.29, 0.717) is 12.6 Å². The summed E-state index contributed by atoms with van der Waals surface area (Å²) in [6, 6.07) is 0.468. The van der Waals surface area contributed by atoms with E-state index in [0.717, 1.165) is 43.4 Å². The average Bonchev–Trinajstić information content (AvgIpc) is 3.12. The van der Waals surface area contributed by atoms with Gasteiger partial charge < -0.3 is 15.2 Å². The highest BCUT2D eigenvalue weighted by Crippen LogP contribution is 2.13. The van der Waals surface area contributed by atoms with Gasteiger partial charge in [0, 0.05) is 26.1 Å². The molecule has 1 aliphatic heterocycles. The maximum absolute atomic E-state index is 4.25. The predicted molar refractivity (Wildman–Crippen MR) is 73.8 cm³/mol. The van der Waals surface area contributed by atoms with Crippen molar-refractivity contribution in [1.82, 2.24) is 25.4 Å². The fourth-order valence-electron chi connectivity index (χ4n) is 2.63. The molecular weight excluding hydrogens is 240 g/mol. The monoisotopic (exact) mass is 260 g/mol. The molecule has 0 unspecified atom stereocenters. The number of nitrogens with zero attached hydrogens (tertiary/aromatic N) is 4. The molecule has 2 N–H and O–H groups in total. The largest absolute Gasteiger partial charge is 0.353 e. The Morgan fingerprint density at radius 2 is 2.26 bits per heavy atom. The molecule has 0 spiro atoms. The molecule has 0 amide bonds. The number of fused-ring (bicyclic) bond motifs is 1. The molecule has 0 bridgehead atoms. The number of aromatic nitrogens is 3. The number of rotatable bonds is 3. The second-order valence-electron chi connectivity index (χ2n) is 5.00. The molecule has 1 aromatic rings. The summed E-state index contributed by atoms with van der Waals surface area (Å²) in [6.45, 7) is 1.71. The number of hydrogen-bond acceptors (Lipinski definition) is 3. The normalized spacial score (nSPS) is 18.9. The molecule has 0 fully saturated rings. The van der Waals surface area contributed by atoms with Crippen LogP contribution in [0, 0.1) is 0 Å². The Balaban J connectivity index is 1.55. The van der Waals surface area contributed by atoms with Crippen molar-refractivity contribution in [1.29, 1.82) is 0 Å². The fraction of sp³-hybridized carbons (Fsp3) is 0.615. The lowest BCUT2D eigenvalue weighted by Gasteiger charge is -2.16. The van der Waals surface area contributed by atoms with Crippen LogP contribution in [0.25, 0.3) is 0 Å². The van der Waals surface area contributed by atoms with E-state index in [-0.39, 0.29) is 0 Å². The molecule has 3 rings (SSSR count). The summed E-state index contributed by atoms with van der Waals surface area (Å²) < 4.78 is 2.21. The van der Waals surface area contributed by atoms with Gasteiger partial charge in [-0.15, -0.1) is 10.2 Å². The van der Waals surface area contributed by atoms with Crippen LogP contribution in [0.1, 0.15) is 30.9 Å². The molecule has 1 aliphatic carbocycles. The van der Waals surface area contributed by atoms with E-state index in [1.165, 1.54) is 6.42 Å². The molecule has 102 valence electrons. The van der Waals surface area contributed by atoms with E-state index in [9.17, 15) is 0 Å². The molecule has 19 heavy (non-hydrogen) atoms. The quantitative estimate of drug-likeness (QED) is 0.475. The lowest BCUT2D eigenvalue weighted by molar-refractivity contribution is 0.619. The van der Waals surface area contributed by atoms with Crippen LogP contribution in [0.3, 0.4) is 0 Å². The van der Waals surface area contributed by atoms with Gasteiger partial charge >= 0.3 is 0 Å². The zero-order chi connectivity index (χ0) is 13.1. The summed E-state index contributed by atoms with van der Waals surface area (Å²) in [4.78, 5) is 4.25. The second kappa shape index (κ2) is 5.42. The maximum Gasteiger partial charge on any atom is 0.191 e. The Kier molecular flexibility index (Phi) is 3.48. The van der Waals surface area contributed by atoms with E-state index >= 15 is 0 Å². The Hall–Kier alpha value is -1.85. The highest BCUT2D eigenvalue weighted by atomic mass is 15.3. The maximum atomic E-state index is 4.25. The number of nitrogens with one attached hydrogen (secondary N) is 2. The van der Waals surface area contributed by atoms with Crippen LogP contribution >= 0.6 is 0 Å². The van der Waals surface area contributed by atoms with E-state index in [1.807, 2.05) is 0 Å². The minimum absolute atomic E-state index is 0.468. The van der Waals surface area contributed by atoms with Gasteiger partial charge in [0.15, 0.2) is 11.8 Å². The molecule has 0 radical (unpaired) electrons. The first-order valence-electron chi connectivity index (χ1n) is 6.90. The number of aliphatic imine (C=N–C) groups is 1. The van der Waals surface area contributed by atoms with Gasteiger partial charge in [0.25, 0.3) is 0 Å². The van der Waals surface area contributed by atoms with E-state index in [4.69, 9.17) is 0 Å². The van der Waals surface area contributed by atoms with Gasteiger partial charge in [-0.25, -0.2) is 0 Å². The molecule has 1 aromatic heterocycles.